The normalized spacial score (nSPS) is 16.9. The van der Waals surface area contributed by atoms with Gasteiger partial charge in [-0.2, -0.15) is 5.10 Å². The second-order valence-corrected chi connectivity index (χ2v) is 4.97. The highest BCUT2D eigenvalue weighted by Gasteiger charge is 2.38. The van der Waals surface area contributed by atoms with Crippen molar-refractivity contribution >= 4 is 40.6 Å². The van der Waals surface area contributed by atoms with Gasteiger partial charge >= 0.3 is 11.9 Å². The number of rotatable bonds is 5. The third-order valence-corrected chi connectivity index (χ3v) is 3.41. The Morgan fingerprint density at radius 1 is 1.57 bits per heavy atom. The molecule has 10 heteroatoms. The molecule has 0 saturated carbocycles. The van der Waals surface area contributed by atoms with E-state index in [0.717, 1.165) is 11.1 Å². The number of non-ortho nitro benzene ring substituents is 1. The zero-order valence-corrected chi connectivity index (χ0v) is 12.7. The number of hydrogen-bond acceptors (Lipinski definition) is 7. The van der Waals surface area contributed by atoms with E-state index in [4.69, 9.17) is 16.3 Å². The van der Waals surface area contributed by atoms with Crippen molar-refractivity contribution in [2.75, 3.05) is 11.6 Å². The van der Waals surface area contributed by atoms with Crippen molar-refractivity contribution in [3.8, 4) is 0 Å². The summed E-state index contributed by atoms with van der Waals surface area (Å²) in [7, 11) is 0. The van der Waals surface area contributed by atoms with E-state index in [1.54, 1.807) is 6.92 Å². The first-order valence-corrected chi connectivity index (χ1v) is 6.93. The second-order valence-electron chi connectivity index (χ2n) is 4.56. The molecular weight excluding hydrogens is 330 g/mol. The Kier molecular flexibility index (Phi) is 4.80. The van der Waals surface area contributed by atoms with Gasteiger partial charge in [-0.25, -0.2) is 14.6 Å². The van der Waals surface area contributed by atoms with Gasteiger partial charge in [0.05, 0.1) is 22.2 Å². The number of esters is 1. The number of carbonyl (C=O) groups is 2. The van der Waals surface area contributed by atoms with Crippen LogP contribution in [0.1, 0.15) is 13.3 Å². The lowest BCUT2D eigenvalue weighted by atomic mass is 10.1. The van der Waals surface area contributed by atoms with Crippen molar-refractivity contribution < 1.29 is 24.4 Å². The van der Waals surface area contributed by atoms with Crippen molar-refractivity contribution in [2.24, 2.45) is 5.10 Å². The molecule has 1 aliphatic heterocycles. The van der Waals surface area contributed by atoms with Crippen molar-refractivity contribution in [1.82, 2.24) is 0 Å². The molecule has 1 aromatic rings. The van der Waals surface area contributed by atoms with Gasteiger partial charge in [0, 0.05) is 18.6 Å². The number of halogens is 1. The molecule has 2 rings (SSSR count). The highest BCUT2D eigenvalue weighted by Crippen LogP contribution is 2.34. The van der Waals surface area contributed by atoms with E-state index in [1.165, 1.54) is 12.1 Å². The molecule has 0 bridgehead atoms. The van der Waals surface area contributed by atoms with Crippen molar-refractivity contribution in [2.45, 2.75) is 19.4 Å². The summed E-state index contributed by atoms with van der Waals surface area (Å²) in [5, 5.41) is 25.2. The van der Waals surface area contributed by atoms with Gasteiger partial charge < -0.3 is 9.84 Å². The van der Waals surface area contributed by atoms with Gasteiger partial charge in [0.2, 0.25) is 0 Å². The van der Waals surface area contributed by atoms with E-state index >= 15 is 0 Å². The maximum atomic E-state index is 11.7. The number of anilines is 1. The summed E-state index contributed by atoms with van der Waals surface area (Å²) < 4.78 is 4.80. The molecule has 1 aliphatic rings. The van der Waals surface area contributed by atoms with E-state index < -0.39 is 22.9 Å². The van der Waals surface area contributed by atoms with Crippen molar-refractivity contribution in [3.05, 3.63) is 33.3 Å². The van der Waals surface area contributed by atoms with Crippen molar-refractivity contribution in [3.63, 3.8) is 0 Å². The molecule has 0 aromatic heterocycles. The Labute approximate surface area is 135 Å². The third kappa shape index (κ3) is 3.39. The Morgan fingerprint density at radius 3 is 2.83 bits per heavy atom. The number of carbonyl (C=O) groups excluding carboxylic acids is 1. The number of nitrogens with zero attached hydrogens (tertiary/aromatic N) is 3. The molecule has 0 spiro atoms. The molecule has 0 fully saturated rings. The van der Waals surface area contributed by atoms with Gasteiger partial charge in [0.1, 0.15) is 5.71 Å². The first-order chi connectivity index (χ1) is 10.8. The van der Waals surface area contributed by atoms with Crippen LogP contribution in [0.15, 0.2) is 23.3 Å². The largest absolute Gasteiger partial charge is 0.480 e. The molecule has 122 valence electrons. The van der Waals surface area contributed by atoms with Crippen LogP contribution in [0.5, 0.6) is 0 Å². The summed E-state index contributed by atoms with van der Waals surface area (Å²) in [4.78, 5) is 33.4. The summed E-state index contributed by atoms with van der Waals surface area (Å²) >= 11 is 6.00. The summed E-state index contributed by atoms with van der Waals surface area (Å²) in [6.07, 6.45) is -0.187. The Balaban J connectivity index is 2.45. The predicted octanol–water partition coefficient (Wildman–Crippen LogP) is 1.83. The fourth-order valence-electron chi connectivity index (χ4n) is 2.05. The summed E-state index contributed by atoms with van der Waals surface area (Å²) in [6, 6.07) is 2.36. The minimum absolute atomic E-state index is 0.0348. The number of carboxylic acids is 1. The monoisotopic (exact) mass is 341 g/mol. The van der Waals surface area contributed by atoms with Crippen LogP contribution in [-0.4, -0.2) is 40.3 Å². The van der Waals surface area contributed by atoms with Crippen LogP contribution in [0.25, 0.3) is 0 Å². The number of aliphatic carboxylic acids is 1. The molecule has 1 aromatic carbocycles. The minimum Gasteiger partial charge on any atom is -0.480 e. The molecule has 9 nitrogen and oxygen atoms in total. The standard InChI is InChI=1S/C13H12ClN3O6/c1-2-23-13(20)9-6-11(12(18)19)16(15-9)10-5-7(17(21)22)3-4-8(10)14/h3-5,11H,2,6H2,1H3,(H,18,19)/t11-/m0/s1. The molecule has 0 unspecified atom stereocenters. The van der Waals surface area contributed by atoms with E-state index in [-0.39, 0.29) is 35.1 Å². The van der Waals surface area contributed by atoms with Crippen LogP contribution in [-0.2, 0) is 14.3 Å². The second kappa shape index (κ2) is 6.61. The highest BCUT2D eigenvalue weighted by atomic mass is 35.5. The zero-order chi connectivity index (χ0) is 17.1. The predicted molar refractivity (Wildman–Crippen MR) is 80.7 cm³/mol. The maximum absolute atomic E-state index is 11.7. The molecule has 1 atom stereocenters. The fourth-order valence-corrected chi connectivity index (χ4v) is 2.26. The molecule has 0 aliphatic carbocycles. The van der Waals surface area contributed by atoms with Crippen LogP contribution in [0.2, 0.25) is 5.02 Å². The first-order valence-electron chi connectivity index (χ1n) is 6.55. The summed E-state index contributed by atoms with van der Waals surface area (Å²) in [6.45, 7) is 1.73. The Bertz CT molecular complexity index is 705. The fraction of sp³-hybridized carbons (Fsp3) is 0.308. The Hall–Kier alpha value is -2.68. The number of hydrogen-bond donors (Lipinski definition) is 1. The molecule has 0 saturated heterocycles. The van der Waals surface area contributed by atoms with Crippen LogP contribution >= 0.6 is 11.6 Å². The topological polar surface area (TPSA) is 122 Å². The average Bonchev–Trinajstić information content (AvgIpc) is 2.93. The first kappa shape index (κ1) is 16.7. The molecule has 1 N–H and O–H groups in total. The van der Waals surface area contributed by atoms with Crippen LogP contribution < -0.4 is 5.01 Å². The molecular formula is C13H12ClN3O6. The van der Waals surface area contributed by atoms with E-state index in [9.17, 15) is 24.8 Å². The quantitative estimate of drug-likeness (QED) is 0.492. The minimum atomic E-state index is -1.24. The van der Waals surface area contributed by atoms with Gasteiger partial charge in [0.15, 0.2) is 6.04 Å². The maximum Gasteiger partial charge on any atom is 0.354 e. The number of carboxylic acid groups (broad SMARTS) is 1. The number of ether oxygens (including phenoxy) is 1. The summed E-state index contributed by atoms with van der Waals surface area (Å²) in [5.74, 6) is -1.97. The number of hydrazone groups is 1. The number of benzene rings is 1. The van der Waals surface area contributed by atoms with Gasteiger partial charge in [-0.3, -0.25) is 10.1 Å². The molecule has 23 heavy (non-hydrogen) atoms. The molecule has 0 amide bonds. The van der Waals surface area contributed by atoms with E-state index in [2.05, 4.69) is 5.10 Å². The lowest BCUT2D eigenvalue weighted by molar-refractivity contribution is -0.384. The number of nitro benzene ring substituents is 1. The van der Waals surface area contributed by atoms with E-state index in [0.29, 0.717) is 0 Å². The zero-order valence-electron chi connectivity index (χ0n) is 11.9. The third-order valence-electron chi connectivity index (χ3n) is 3.09. The van der Waals surface area contributed by atoms with Crippen LogP contribution in [0, 0.1) is 10.1 Å². The molecule has 0 radical (unpaired) electrons. The summed E-state index contributed by atoms with van der Waals surface area (Å²) in [5.41, 5.74) is -0.317. The van der Waals surface area contributed by atoms with Gasteiger partial charge in [-0.1, -0.05) is 11.6 Å². The lowest BCUT2D eigenvalue weighted by Gasteiger charge is -2.20. The lowest BCUT2D eigenvalue weighted by Crippen LogP contribution is -2.34. The smallest absolute Gasteiger partial charge is 0.354 e. The average molecular weight is 342 g/mol. The van der Waals surface area contributed by atoms with Crippen LogP contribution in [0.4, 0.5) is 11.4 Å². The Morgan fingerprint density at radius 2 is 2.26 bits per heavy atom. The highest BCUT2D eigenvalue weighted by molar-refractivity contribution is 6.38. The van der Waals surface area contributed by atoms with Crippen LogP contribution in [0.3, 0.4) is 0 Å². The van der Waals surface area contributed by atoms with Gasteiger partial charge in [0.25, 0.3) is 5.69 Å². The van der Waals surface area contributed by atoms with Gasteiger partial charge in [-0.15, -0.1) is 0 Å². The SMILES string of the molecule is CCOC(=O)C1=NN(c2cc([N+](=O)[O-])ccc2Cl)[C@H](C(=O)O)C1. The van der Waals surface area contributed by atoms with Crippen molar-refractivity contribution in [1.29, 1.82) is 0 Å². The van der Waals surface area contributed by atoms with Gasteiger partial charge in [-0.05, 0) is 13.0 Å². The number of nitro groups is 1. The molecule has 1 heterocycles. The van der Waals surface area contributed by atoms with E-state index in [1.807, 2.05) is 0 Å².